The summed E-state index contributed by atoms with van der Waals surface area (Å²) in [5.74, 6) is 0.262. The van der Waals surface area contributed by atoms with Crippen LogP contribution in [-0.4, -0.2) is 43.0 Å². The predicted octanol–water partition coefficient (Wildman–Crippen LogP) is 0.523. The van der Waals surface area contributed by atoms with Crippen molar-refractivity contribution >= 4 is 5.91 Å². The second kappa shape index (κ2) is 5.72. The zero-order valence-electron chi connectivity index (χ0n) is 11.2. The minimum absolute atomic E-state index is 0.0481. The number of amides is 1. The number of nitrogens with one attached hydrogen (secondary N) is 2. The van der Waals surface area contributed by atoms with Crippen molar-refractivity contribution in [3.63, 3.8) is 0 Å². The van der Waals surface area contributed by atoms with E-state index < -0.39 is 0 Å². The lowest BCUT2D eigenvalue weighted by Crippen LogP contribution is -2.50. The van der Waals surface area contributed by atoms with Crippen LogP contribution in [0.1, 0.15) is 17.5 Å². The van der Waals surface area contributed by atoms with E-state index in [4.69, 9.17) is 0 Å². The summed E-state index contributed by atoms with van der Waals surface area (Å²) in [7, 11) is 0. The highest BCUT2D eigenvalue weighted by Crippen LogP contribution is 2.17. The van der Waals surface area contributed by atoms with E-state index >= 15 is 0 Å². The molecule has 1 aromatic rings. The van der Waals surface area contributed by atoms with Crippen LogP contribution < -0.4 is 10.6 Å². The molecule has 4 heteroatoms. The lowest BCUT2D eigenvalue weighted by molar-refractivity contribution is -0.133. The molecule has 1 atom stereocenters. The molecule has 2 heterocycles. The van der Waals surface area contributed by atoms with E-state index in [0.29, 0.717) is 0 Å². The van der Waals surface area contributed by atoms with Gasteiger partial charge in [0, 0.05) is 26.2 Å². The minimum atomic E-state index is -0.0481. The largest absolute Gasteiger partial charge is 0.340 e. The van der Waals surface area contributed by atoms with Crippen molar-refractivity contribution in [2.24, 2.45) is 0 Å². The van der Waals surface area contributed by atoms with Crippen molar-refractivity contribution in [1.82, 2.24) is 15.5 Å². The average molecular weight is 259 g/mol. The molecule has 3 rings (SSSR count). The van der Waals surface area contributed by atoms with Gasteiger partial charge in [0.2, 0.25) is 5.91 Å². The number of nitrogens with zero attached hydrogens (tertiary/aromatic N) is 1. The molecule has 1 amide bonds. The van der Waals surface area contributed by atoms with Gasteiger partial charge in [0.05, 0.1) is 6.04 Å². The van der Waals surface area contributed by atoms with E-state index in [2.05, 4.69) is 34.9 Å². The molecular weight excluding hydrogens is 238 g/mol. The summed E-state index contributed by atoms with van der Waals surface area (Å²) in [6.45, 7) is 4.45. The number of benzene rings is 1. The maximum absolute atomic E-state index is 12.6. The van der Waals surface area contributed by atoms with E-state index in [1.807, 2.05) is 4.90 Å². The minimum Gasteiger partial charge on any atom is -0.340 e. The van der Waals surface area contributed by atoms with Crippen LogP contribution in [0.25, 0.3) is 0 Å². The van der Waals surface area contributed by atoms with E-state index in [1.165, 1.54) is 11.1 Å². The second-order valence-corrected chi connectivity index (χ2v) is 5.34. The average Bonchev–Trinajstić information content (AvgIpc) is 2.75. The van der Waals surface area contributed by atoms with Gasteiger partial charge >= 0.3 is 0 Å². The van der Waals surface area contributed by atoms with Crippen molar-refractivity contribution in [3.8, 4) is 0 Å². The summed E-state index contributed by atoms with van der Waals surface area (Å²) < 4.78 is 0. The zero-order chi connectivity index (χ0) is 13.1. The summed E-state index contributed by atoms with van der Waals surface area (Å²) in [6, 6.07) is 8.34. The van der Waals surface area contributed by atoms with Crippen molar-refractivity contribution in [2.45, 2.75) is 25.4 Å². The molecule has 1 aromatic carbocycles. The van der Waals surface area contributed by atoms with Crippen LogP contribution in [-0.2, 0) is 17.8 Å². The Morgan fingerprint density at radius 3 is 2.89 bits per heavy atom. The Labute approximate surface area is 114 Å². The molecule has 4 nitrogen and oxygen atoms in total. The number of fused-ring (bicyclic) bond motifs is 1. The van der Waals surface area contributed by atoms with Gasteiger partial charge in [-0.05, 0) is 30.5 Å². The molecule has 0 aromatic heterocycles. The third kappa shape index (κ3) is 2.80. The molecule has 19 heavy (non-hydrogen) atoms. The van der Waals surface area contributed by atoms with Crippen molar-refractivity contribution in [1.29, 1.82) is 0 Å². The molecule has 0 unspecified atom stereocenters. The first-order valence-corrected chi connectivity index (χ1v) is 7.14. The van der Waals surface area contributed by atoms with Crippen LogP contribution >= 0.6 is 0 Å². The SMILES string of the molecule is O=C([C@@H]1Cc2ccccc2CN1)N1CCCNCC1. The molecule has 0 spiro atoms. The van der Waals surface area contributed by atoms with Crippen LogP contribution in [0.5, 0.6) is 0 Å². The Bertz CT molecular complexity index is 452. The van der Waals surface area contributed by atoms with Gasteiger partial charge in [-0.1, -0.05) is 24.3 Å². The van der Waals surface area contributed by atoms with Crippen molar-refractivity contribution in [2.75, 3.05) is 26.2 Å². The molecule has 1 fully saturated rings. The number of carbonyl (C=O) groups excluding carboxylic acids is 1. The lowest BCUT2D eigenvalue weighted by atomic mass is 9.95. The summed E-state index contributed by atoms with van der Waals surface area (Å²) in [5, 5.41) is 6.72. The maximum atomic E-state index is 12.6. The van der Waals surface area contributed by atoms with Crippen LogP contribution in [0.2, 0.25) is 0 Å². The topological polar surface area (TPSA) is 44.4 Å². The van der Waals surface area contributed by atoms with Crippen LogP contribution in [0, 0.1) is 0 Å². The highest BCUT2D eigenvalue weighted by Gasteiger charge is 2.27. The van der Waals surface area contributed by atoms with Crippen molar-refractivity contribution in [3.05, 3.63) is 35.4 Å². The summed E-state index contributed by atoms with van der Waals surface area (Å²) in [6.07, 6.45) is 1.87. The third-order valence-corrected chi connectivity index (χ3v) is 4.03. The first-order chi connectivity index (χ1) is 9.34. The number of carbonyl (C=O) groups is 1. The van der Waals surface area contributed by atoms with Gasteiger partial charge in [0.25, 0.3) is 0 Å². The van der Waals surface area contributed by atoms with Gasteiger partial charge < -0.3 is 15.5 Å². The Morgan fingerprint density at radius 2 is 2.00 bits per heavy atom. The molecular formula is C15H21N3O. The maximum Gasteiger partial charge on any atom is 0.240 e. The van der Waals surface area contributed by atoms with Crippen LogP contribution in [0.3, 0.4) is 0 Å². The molecule has 102 valence electrons. The Balaban J connectivity index is 1.68. The fraction of sp³-hybridized carbons (Fsp3) is 0.533. The molecule has 0 aliphatic carbocycles. The van der Waals surface area contributed by atoms with Crippen LogP contribution in [0.15, 0.2) is 24.3 Å². The zero-order valence-corrected chi connectivity index (χ0v) is 11.2. The van der Waals surface area contributed by atoms with E-state index in [-0.39, 0.29) is 11.9 Å². The van der Waals surface area contributed by atoms with E-state index in [0.717, 1.165) is 45.6 Å². The fourth-order valence-electron chi connectivity index (χ4n) is 2.92. The molecule has 0 radical (unpaired) electrons. The Hall–Kier alpha value is -1.39. The van der Waals surface area contributed by atoms with Gasteiger partial charge in [-0.2, -0.15) is 0 Å². The predicted molar refractivity (Wildman–Crippen MR) is 74.8 cm³/mol. The smallest absolute Gasteiger partial charge is 0.240 e. The van der Waals surface area contributed by atoms with E-state index in [1.54, 1.807) is 0 Å². The number of hydrogen-bond acceptors (Lipinski definition) is 3. The second-order valence-electron chi connectivity index (χ2n) is 5.34. The third-order valence-electron chi connectivity index (χ3n) is 4.03. The molecule has 0 saturated carbocycles. The standard InChI is InChI=1S/C15H21N3O/c19-15(18-8-3-6-16-7-9-18)14-10-12-4-1-2-5-13(12)11-17-14/h1-2,4-5,14,16-17H,3,6-11H2/t14-/m0/s1. The molecule has 2 aliphatic heterocycles. The lowest BCUT2D eigenvalue weighted by Gasteiger charge is -2.30. The fourth-order valence-corrected chi connectivity index (χ4v) is 2.92. The quantitative estimate of drug-likeness (QED) is 0.773. The Morgan fingerprint density at radius 1 is 1.16 bits per heavy atom. The number of rotatable bonds is 1. The summed E-state index contributed by atoms with van der Waals surface area (Å²) >= 11 is 0. The van der Waals surface area contributed by atoms with Gasteiger partial charge in [0.15, 0.2) is 0 Å². The number of hydrogen-bond donors (Lipinski definition) is 2. The van der Waals surface area contributed by atoms with Gasteiger partial charge in [-0.25, -0.2) is 0 Å². The van der Waals surface area contributed by atoms with Gasteiger partial charge in [0.1, 0.15) is 0 Å². The monoisotopic (exact) mass is 259 g/mol. The molecule has 1 saturated heterocycles. The van der Waals surface area contributed by atoms with Crippen molar-refractivity contribution < 1.29 is 4.79 Å². The van der Waals surface area contributed by atoms with Crippen LogP contribution in [0.4, 0.5) is 0 Å². The highest BCUT2D eigenvalue weighted by molar-refractivity contribution is 5.82. The molecule has 0 bridgehead atoms. The summed E-state index contributed by atoms with van der Waals surface area (Å²) in [4.78, 5) is 14.6. The van der Waals surface area contributed by atoms with E-state index in [9.17, 15) is 4.79 Å². The summed E-state index contributed by atoms with van der Waals surface area (Å²) in [5.41, 5.74) is 2.64. The van der Waals surface area contributed by atoms with Gasteiger partial charge in [-0.3, -0.25) is 4.79 Å². The highest BCUT2D eigenvalue weighted by atomic mass is 16.2. The van der Waals surface area contributed by atoms with Gasteiger partial charge in [-0.15, -0.1) is 0 Å². The first kappa shape index (κ1) is 12.6. The normalized spacial score (nSPS) is 23.6. The molecule has 2 N–H and O–H groups in total. The Kier molecular flexibility index (Phi) is 3.80. The first-order valence-electron chi connectivity index (χ1n) is 7.14. The molecule has 2 aliphatic rings.